The van der Waals surface area contributed by atoms with Crippen LogP contribution in [0, 0.1) is 11.8 Å². The summed E-state index contributed by atoms with van der Waals surface area (Å²) in [5.74, 6) is -0.630. The molecule has 0 bridgehead atoms. The second-order valence-corrected chi connectivity index (χ2v) is 26.8. The number of phosphoric ester groups is 2. The molecule has 0 heterocycles. The van der Waals surface area contributed by atoms with Crippen molar-refractivity contribution in [3.05, 3.63) is 0 Å². The molecule has 19 heteroatoms. The van der Waals surface area contributed by atoms with Crippen molar-refractivity contribution in [2.75, 3.05) is 39.6 Å². The smallest absolute Gasteiger partial charge is 0.462 e. The summed E-state index contributed by atoms with van der Waals surface area (Å²) < 4.78 is 67.8. The van der Waals surface area contributed by atoms with Gasteiger partial charge in [-0.2, -0.15) is 0 Å². The maximum atomic E-state index is 13.0. The van der Waals surface area contributed by atoms with Crippen LogP contribution in [0.4, 0.5) is 0 Å². The third-order valence-corrected chi connectivity index (χ3v) is 17.0. The van der Waals surface area contributed by atoms with Crippen molar-refractivity contribution in [1.29, 1.82) is 0 Å². The van der Waals surface area contributed by atoms with E-state index >= 15 is 0 Å². The van der Waals surface area contributed by atoms with E-state index in [4.69, 9.17) is 37.0 Å². The predicted molar refractivity (Wildman–Crippen MR) is 331 cm³/mol. The molecule has 0 rings (SSSR count). The van der Waals surface area contributed by atoms with Crippen LogP contribution in [0.2, 0.25) is 0 Å². The number of esters is 4. The molecule has 3 unspecified atom stereocenters. The summed E-state index contributed by atoms with van der Waals surface area (Å²) in [6.45, 7) is 9.39. The molecule has 0 saturated heterocycles. The van der Waals surface area contributed by atoms with Gasteiger partial charge in [-0.1, -0.05) is 266 Å². The van der Waals surface area contributed by atoms with Crippen molar-refractivity contribution in [3.63, 3.8) is 0 Å². The number of rotatable bonds is 63. The first-order valence-electron chi connectivity index (χ1n) is 33.5. The number of unbranched alkanes of at least 4 members (excludes halogenated alkanes) is 32. The number of carbonyl (C=O) groups excluding carboxylic acids is 4. The minimum absolute atomic E-state index is 0.104. The molecule has 492 valence electrons. The van der Waals surface area contributed by atoms with Gasteiger partial charge in [0.05, 0.1) is 26.4 Å². The number of hydrogen-bond donors (Lipinski definition) is 3. The number of hydrogen-bond acceptors (Lipinski definition) is 15. The molecule has 0 radical (unpaired) electrons. The molecule has 17 nitrogen and oxygen atoms in total. The van der Waals surface area contributed by atoms with Gasteiger partial charge in [0.25, 0.3) is 0 Å². The third-order valence-electron chi connectivity index (χ3n) is 15.1. The van der Waals surface area contributed by atoms with Gasteiger partial charge in [-0.25, -0.2) is 9.13 Å². The van der Waals surface area contributed by atoms with E-state index in [0.717, 1.165) is 108 Å². The van der Waals surface area contributed by atoms with Gasteiger partial charge in [0.15, 0.2) is 12.2 Å². The van der Waals surface area contributed by atoms with E-state index in [0.29, 0.717) is 25.7 Å². The summed E-state index contributed by atoms with van der Waals surface area (Å²) in [4.78, 5) is 72.0. The Balaban J connectivity index is 5.18. The molecule has 0 aliphatic rings. The highest BCUT2D eigenvalue weighted by Crippen LogP contribution is 2.45. The highest BCUT2D eigenvalue weighted by molar-refractivity contribution is 7.47. The van der Waals surface area contributed by atoms with Crippen LogP contribution < -0.4 is 0 Å². The molecule has 3 N–H and O–H groups in total. The van der Waals surface area contributed by atoms with E-state index < -0.39 is 97.5 Å². The number of ether oxygens (including phenoxy) is 4. The molecule has 0 amide bonds. The first-order chi connectivity index (χ1) is 39.9. The largest absolute Gasteiger partial charge is 0.472 e. The first kappa shape index (κ1) is 81.1. The highest BCUT2D eigenvalue weighted by atomic mass is 31.2. The number of phosphoric acid groups is 2. The topological polar surface area (TPSA) is 237 Å². The SMILES string of the molecule is CCCCCCCCCCCCCCCCC(=O)O[C@H](COC(=O)CCCCCCCCCCCC(C)C)COP(=O)(O)OC[C@@H](O)COP(=O)(O)OC[C@@H](COC(=O)CCCCCCC)OC(=O)CCCCCCCCCCC(C)CC. The van der Waals surface area contributed by atoms with Gasteiger partial charge in [-0.3, -0.25) is 37.3 Å². The third kappa shape index (κ3) is 57.6. The predicted octanol–water partition coefficient (Wildman–Crippen LogP) is 17.7. The van der Waals surface area contributed by atoms with E-state index in [1.807, 2.05) is 0 Å². The Morgan fingerprint density at radius 1 is 0.349 bits per heavy atom. The maximum Gasteiger partial charge on any atom is 0.472 e. The fourth-order valence-corrected chi connectivity index (χ4v) is 11.1. The molecular weight excluding hydrogens is 1100 g/mol. The zero-order chi connectivity index (χ0) is 61.5. The van der Waals surface area contributed by atoms with E-state index in [9.17, 15) is 43.2 Å². The van der Waals surface area contributed by atoms with Crippen molar-refractivity contribution in [2.24, 2.45) is 11.8 Å². The summed E-state index contributed by atoms with van der Waals surface area (Å²) in [5, 5.41) is 10.5. The summed E-state index contributed by atoms with van der Waals surface area (Å²) in [6.07, 6.45) is 39.2. The Kier molecular flexibility index (Phi) is 55.2. The second-order valence-electron chi connectivity index (χ2n) is 23.9. The lowest BCUT2D eigenvalue weighted by Crippen LogP contribution is -2.30. The molecule has 6 atom stereocenters. The normalized spacial score (nSPS) is 14.6. The van der Waals surface area contributed by atoms with Crippen LogP contribution in [0.3, 0.4) is 0 Å². The van der Waals surface area contributed by atoms with Gasteiger partial charge in [0, 0.05) is 25.7 Å². The molecule has 0 fully saturated rings. The van der Waals surface area contributed by atoms with Gasteiger partial charge >= 0.3 is 39.5 Å². The van der Waals surface area contributed by atoms with Crippen LogP contribution in [-0.2, 0) is 65.4 Å². The van der Waals surface area contributed by atoms with Gasteiger partial charge in [0.2, 0.25) is 0 Å². The van der Waals surface area contributed by atoms with Crippen molar-refractivity contribution in [2.45, 2.75) is 336 Å². The zero-order valence-electron chi connectivity index (χ0n) is 53.5. The summed E-state index contributed by atoms with van der Waals surface area (Å²) in [5.41, 5.74) is 0. The van der Waals surface area contributed by atoms with Crippen molar-refractivity contribution >= 4 is 39.5 Å². The van der Waals surface area contributed by atoms with Crippen LogP contribution in [0.1, 0.15) is 318 Å². The van der Waals surface area contributed by atoms with Gasteiger partial charge < -0.3 is 33.8 Å². The Morgan fingerprint density at radius 2 is 0.614 bits per heavy atom. The summed E-state index contributed by atoms with van der Waals surface area (Å²) in [7, 11) is -9.88. The number of carbonyl (C=O) groups is 4. The minimum Gasteiger partial charge on any atom is -0.462 e. The molecule has 83 heavy (non-hydrogen) atoms. The lowest BCUT2D eigenvalue weighted by molar-refractivity contribution is -0.161. The molecule has 0 saturated carbocycles. The highest BCUT2D eigenvalue weighted by Gasteiger charge is 2.30. The zero-order valence-corrected chi connectivity index (χ0v) is 55.3. The molecule has 0 spiro atoms. The number of aliphatic hydroxyl groups excluding tert-OH is 1. The molecule has 0 aliphatic heterocycles. The van der Waals surface area contributed by atoms with Crippen LogP contribution in [0.5, 0.6) is 0 Å². The lowest BCUT2D eigenvalue weighted by atomic mass is 9.99. The van der Waals surface area contributed by atoms with Crippen molar-refractivity contribution in [3.8, 4) is 0 Å². The Hall–Kier alpha value is -1.94. The van der Waals surface area contributed by atoms with Crippen LogP contribution in [0.25, 0.3) is 0 Å². The van der Waals surface area contributed by atoms with Crippen LogP contribution >= 0.6 is 15.6 Å². The second kappa shape index (κ2) is 56.6. The van der Waals surface area contributed by atoms with Crippen LogP contribution in [-0.4, -0.2) is 96.7 Å². The molecule has 0 aromatic heterocycles. The van der Waals surface area contributed by atoms with E-state index in [1.165, 1.54) is 128 Å². The van der Waals surface area contributed by atoms with Gasteiger partial charge in [-0.15, -0.1) is 0 Å². The fraction of sp³-hybridized carbons (Fsp3) is 0.938. The maximum absolute atomic E-state index is 13.0. The van der Waals surface area contributed by atoms with Gasteiger partial charge in [0.1, 0.15) is 19.3 Å². The summed E-state index contributed by atoms with van der Waals surface area (Å²) in [6, 6.07) is 0. The molecule has 0 aromatic rings. The minimum atomic E-state index is -4.94. The van der Waals surface area contributed by atoms with E-state index in [2.05, 4.69) is 41.5 Å². The molecule has 0 aromatic carbocycles. The first-order valence-corrected chi connectivity index (χ1v) is 36.5. The lowest BCUT2D eigenvalue weighted by Gasteiger charge is -2.21. The van der Waals surface area contributed by atoms with Crippen molar-refractivity contribution in [1.82, 2.24) is 0 Å². The summed E-state index contributed by atoms with van der Waals surface area (Å²) >= 11 is 0. The fourth-order valence-electron chi connectivity index (χ4n) is 9.50. The number of aliphatic hydroxyl groups is 1. The Morgan fingerprint density at radius 3 is 0.916 bits per heavy atom. The van der Waals surface area contributed by atoms with Crippen LogP contribution in [0.15, 0.2) is 0 Å². The molecular formula is C64H124O17P2. The Bertz CT molecular complexity index is 1630. The molecule has 0 aliphatic carbocycles. The average molecular weight is 1230 g/mol. The quantitative estimate of drug-likeness (QED) is 0.0222. The average Bonchev–Trinajstić information content (AvgIpc) is 3.46. The standard InChI is InChI=1S/C64H124O17P2/c1-7-10-12-14-15-16-17-18-19-20-23-30-36-42-48-63(68)81-60(53-75-62(67)47-41-35-29-24-21-22-27-33-38-44-56(4)5)55-79-83(72,73)77-51-58(65)50-76-82(70,71)78-54-59(52-74-61(66)46-40-32-13-11-8-2)80-64(69)49-43-37-31-26-25-28-34-39-45-57(6)9-3/h56-60,65H,7-55H2,1-6H3,(H,70,71)(H,72,73)/t57?,58-,59+,60+/m0/s1. The van der Waals surface area contributed by atoms with Crippen molar-refractivity contribution < 1.29 is 80.2 Å². The monoisotopic (exact) mass is 1230 g/mol. The van der Waals surface area contributed by atoms with E-state index in [1.54, 1.807) is 0 Å². The Labute approximate surface area is 505 Å². The van der Waals surface area contributed by atoms with E-state index in [-0.39, 0.29) is 25.7 Å². The van der Waals surface area contributed by atoms with Gasteiger partial charge in [-0.05, 0) is 37.5 Å².